The molecule has 106 valence electrons. The van der Waals surface area contributed by atoms with Crippen LogP contribution in [0.25, 0.3) is 0 Å². The van der Waals surface area contributed by atoms with Crippen LogP contribution in [-0.4, -0.2) is 29.2 Å². The summed E-state index contributed by atoms with van der Waals surface area (Å²) < 4.78 is 7.18. The molecular formula is C13H20N2O3S. The van der Waals surface area contributed by atoms with Gasteiger partial charge in [0.25, 0.3) is 0 Å². The summed E-state index contributed by atoms with van der Waals surface area (Å²) in [6.45, 7) is 5.08. The number of aryl methyl sites for hydroxylation is 1. The van der Waals surface area contributed by atoms with Crippen LogP contribution in [0.3, 0.4) is 0 Å². The first-order chi connectivity index (χ1) is 9.08. The van der Waals surface area contributed by atoms with Crippen molar-refractivity contribution in [3.05, 3.63) is 20.7 Å². The molecule has 1 aromatic heterocycles. The topological polar surface area (TPSA) is 60.3 Å². The van der Waals surface area contributed by atoms with Crippen LogP contribution in [-0.2, 0) is 16.1 Å². The average molecular weight is 284 g/mol. The lowest BCUT2D eigenvalue weighted by Crippen LogP contribution is -2.41. The maximum atomic E-state index is 11.8. The fraction of sp³-hybridized carbons (Fsp3) is 0.692. The molecule has 0 saturated carbocycles. The molecule has 0 bridgehead atoms. The summed E-state index contributed by atoms with van der Waals surface area (Å²) in [5.74, 6) is -0.0273. The summed E-state index contributed by atoms with van der Waals surface area (Å²) in [7, 11) is 0. The van der Waals surface area contributed by atoms with Crippen LogP contribution in [0, 0.1) is 6.92 Å². The third-order valence-corrected chi connectivity index (χ3v) is 4.33. The Labute approximate surface area is 116 Å². The van der Waals surface area contributed by atoms with Gasteiger partial charge in [-0.3, -0.25) is 9.59 Å². The summed E-state index contributed by atoms with van der Waals surface area (Å²) in [5.41, 5.74) is 0.912. The van der Waals surface area contributed by atoms with Crippen LogP contribution < -0.4 is 10.2 Å². The Kier molecular flexibility index (Phi) is 4.76. The molecule has 0 aromatic carbocycles. The summed E-state index contributed by atoms with van der Waals surface area (Å²) in [6.07, 6.45) is 2.53. The van der Waals surface area contributed by atoms with Gasteiger partial charge >= 0.3 is 4.87 Å². The smallest absolute Gasteiger partial charge is 0.307 e. The van der Waals surface area contributed by atoms with Crippen molar-refractivity contribution >= 4 is 17.2 Å². The lowest BCUT2D eigenvalue weighted by Gasteiger charge is -2.20. The monoisotopic (exact) mass is 284 g/mol. The predicted octanol–water partition coefficient (Wildman–Crippen LogP) is 1.29. The Balaban J connectivity index is 1.80. The minimum Gasteiger partial charge on any atom is -0.376 e. The molecule has 1 fully saturated rings. The molecule has 0 aliphatic carbocycles. The summed E-state index contributed by atoms with van der Waals surface area (Å²) in [6, 6.07) is 0.0373. The first-order valence-corrected chi connectivity index (χ1v) is 7.52. The van der Waals surface area contributed by atoms with E-state index >= 15 is 0 Å². The van der Waals surface area contributed by atoms with Crippen LogP contribution in [0.1, 0.15) is 31.9 Å². The zero-order valence-electron chi connectivity index (χ0n) is 11.3. The van der Waals surface area contributed by atoms with E-state index < -0.39 is 0 Å². The lowest BCUT2D eigenvalue weighted by atomic mass is 10.1. The molecule has 1 aliphatic rings. The van der Waals surface area contributed by atoms with Gasteiger partial charge in [-0.05, 0) is 26.7 Å². The zero-order chi connectivity index (χ0) is 13.8. The molecule has 0 radical (unpaired) electrons. The minimum absolute atomic E-state index is 0.00234. The predicted molar refractivity (Wildman–Crippen MR) is 74.5 cm³/mol. The maximum absolute atomic E-state index is 11.8. The first-order valence-electron chi connectivity index (χ1n) is 6.64. The fourth-order valence-electron chi connectivity index (χ4n) is 2.30. The SMILES string of the molecule is Cc1csc(=O)n1CCC(=O)N[C@H](C)[C@H]1CCCO1. The van der Waals surface area contributed by atoms with Gasteiger partial charge in [-0.15, -0.1) is 0 Å². The van der Waals surface area contributed by atoms with E-state index in [1.54, 1.807) is 4.57 Å². The number of hydrogen-bond donors (Lipinski definition) is 1. The number of carbonyl (C=O) groups is 1. The van der Waals surface area contributed by atoms with E-state index in [1.165, 1.54) is 11.3 Å². The number of ether oxygens (including phenoxy) is 1. The molecular weight excluding hydrogens is 264 g/mol. The van der Waals surface area contributed by atoms with Gasteiger partial charge in [0.15, 0.2) is 0 Å². The van der Waals surface area contributed by atoms with Crippen LogP contribution in [0.2, 0.25) is 0 Å². The second-order valence-corrected chi connectivity index (χ2v) is 5.77. The van der Waals surface area contributed by atoms with Crippen molar-refractivity contribution in [3.8, 4) is 0 Å². The normalized spacial score (nSPS) is 20.4. The largest absolute Gasteiger partial charge is 0.376 e. The van der Waals surface area contributed by atoms with E-state index in [4.69, 9.17) is 4.74 Å². The molecule has 2 atom stereocenters. The highest BCUT2D eigenvalue weighted by Gasteiger charge is 2.23. The quantitative estimate of drug-likeness (QED) is 0.886. The van der Waals surface area contributed by atoms with E-state index in [9.17, 15) is 9.59 Å². The van der Waals surface area contributed by atoms with Crippen molar-refractivity contribution in [1.82, 2.24) is 9.88 Å². The van der Waals surface area contributed by atoms with Gasteiger partial charge in [0, 0.05) is 30.6 Å². The van der Waals surface area contributed by atoms with Crippen LogP contribution in [0.5, 0.6) is 0 Å². The van der Waals surface area contributed by atoms with E-state index in [0.717, 1.165) is 25.1 Å². The van der Waals surface area contributed by atoms with Crippen molar-refractivity contribution in [2.24, 2.45) is 0 Å². The van der Waals surface area contributed by atoms with Gasteiger partial charge in [-0.2, -0.15) is 0 Å². The summed E-state index contributed by atoms with van der Waals surface area (Å²) in [5, 5.41) is 4.76. The molecule has 1 amide bonds. The minimum atomic E-state index is -0.0273. The van der Waals surface area contributed by atoms with Crippen LogP contribution >= 0.6 is 11.3 Å². The molecule has 0 unspecified atom stereocenters. The van der Waals surface area contributed by atoms with Gasteiger partial charge in [-0.1, -0.05) is 11.3 Å². The Morgan fingerprint density at radius 3 is 3.05 bits per heavy atom. The number of amides is 1. The number of nitrogens with one attached hydrogen (secondary N) is 1. The molecule has 6 heteroatoms. The standard InChI is InChI=1S/C13H20N2O3S/c1-9-8-19-13(17)15(9)6-5-12(16)14-10(2)11-4-3-7-18-11/h8,10-11H,3-7H2,1-2H3,(H,14,16)/t10-,11-/m1/s1. The second-order valence-electron chi connectivity index (χ2n) is 4.95. The Bertz CT molecular complexity index is 488. The van der Waals surface area contributed by atoms with E-state index in [2.05, 4.69) is 5.32 Å². The highest BCUT2D eigenvalue weighted by molar-refractivity contribution is 7.07. The van der Waals surface area contributed by atoms with Gasteiger partial charge in [0.05, 0.1) is 12.1 Å². The van der Waals surface area contributed by atoms with Gasteiger partial charge < -0.3 is 14.6 Å². The number of nitrogens with zero attached hydrogens (tertiary/aromatic N) is 1. The van der Waals surface area contributed by atoms with Gasteiger partial charge in [-0.25, -0.2) is 0 Å². The van der Waals surface area contributed by atoms with Crippen molar-refractivity contribution < 1.29 is 9.53 Å². The number of hydrogen-bond acceptors (Lipinski definition) is 4. The Morgan fingerprint density at radius 1 is 1.68 bits per heavy atom. The second kappa shape index (κ2) is 6.34. The molecule has 2 rings (SSSR count). The number of rotatable bonds is 5. The van der Waals surface area contributed by atoms with Crippen molar-refractivity contribution in [2.75, 3.05) is 6.61 Å². The Hall–Kier alpha value is -1.14. The molecule has 5 nitrogen and oxygen atoms in total. The average Bonchev–Trinajstić information content (AvgIpc) is 2.98. The van der Waals surface area contributed by atoms with Crippen molar-refractivity contribution in [1.29, 1.82) is 0 Å². The van der Waals surface area contributed by atoms with E-state index in [1.807, 2.05) is 19.2 Å². The summed E-state index contributed by atoms with van der Waals surface area (Å²) >= 11 is 1.17. The van der Waals surface area contributed by atoms with E-state index in [0.29, 0.717) is 13.0 Å². The molecule has 0 spiro atoms. The summed E-state index contributed by atoms with van der Waals surface area (Å²) in [4.78, 5) is 23.4. The number of thiazole rings is 1. The lowest BCUT2D eigenvalue weighted by molar-refractivity contribution is -0.122. The third kappa shape index (κ3) is 3.67. The van der Waals surface area contributed by atoms with E-state index in [-0.39, 0.29) is 22.9 Å². The zero-order valence-corrected chi connectivity index (χ0v) is 12.2. The molecule has 1 saturated heterocycles. The number of carbonyl (C=O) groups excluding carboxylic acids is 1. The Morgan fingerprint density at radius 2 is 2.47 bits per heavy atom. The van der Waals surface area contributed by atoms with Gasteiger partial charge in [0.2, 0.25) is 5.91 Å². The van der Waals surface area contributed by atoms with Gasteiger partial charge in [0.1, 0.15) is 0 Å². The van der Waals surface area contributed by atoms with Crippen molar-refractivity contribution in [3.63, 3.8) is 0 Å². The molecule has 19 heavy (non-hydrogen) atoms. The number of aromatic nitrogens is 1. The molecule has 1 aromatic rings. The highest BCUT2D eigenvalue weighted by atomic mass is 32.1. The maximum Gasteiger partial charge on any atom is 0.307 e. The third-order valence-electron chi connectivity index (χ3n) is 3.45. The van der Waals surface area contributed by atoms with Crippen LogP contribution in [0.15, 0.2) is 10.2 Å². The highest BCUT2D eigenvalue weighted by Crippen LogP contribution is 2.15. The first kappa shape index (κ1) is 14.3. The van der Waals surface area contributed by atoms with Crippen molar-refractivity contribution in [2.45, 2.75) is 51.8 Å². The molecule has 2 heterocycles. The fourth-order valence-corrected chi connectivity index (χ4v) is 3.06. The van der Waals surface area contributed by atoms with Crippen LogP contribution in [0.4, 0.5) is 0 Å². The molecule has 1 aliphatic heterocycles. The molecule has 1 N–H and O–H groups in total.